The van der Waals surface area contributed by atoms with Gasteiger partial charge < -0.3 is 14.6 Å². The minimum absolute atomic E-state index is 0.0699. The monoisotopic (exact) mass is 421 g/mol. The van der Waals surface area contributed by atoms with Crippen LogP contribution in [0.5, 0.6) is 5.75 Å². The van der Waals surface area contributed by atoms with Gasteiger partial charge in [-0.3, -0.25) is 0 Å². The molecule has 0 bridgehead atoms. The second-order valence-electron chi connectivity index (χ2n) is 7.73. The molecular formula is C29H25O3-. The van der Waals surface area contributed by atoms with Crippen molar-refractivity contribution in [2.24, 2.45) is 0 Å². The number of rotatable bonds is 9. The summed E-state index contributed by atoms with van der Waals surface area (Å²) in [5.41, 5.74) is 6.61. The van der Waals surface area contributed by atoms with Crippen LogP contribution in [0, 0.1) is 0 Å². The predicted octanol–water partition coefficient (Wildman–Crippen LogP) is 5.67. The highest BCUT2D eigenvalue weighted by Crippen LogP contribution is 2.34. The van der Waals surface area contributed by atoms with Gasteiger partial charge >= 0.3 is 0 Å². The average molecular weight is 422 g/mol. The molecule has 4 rings (SSSR count). The van der Waals surface area contributed by atoms with Gasteiger partial charge in [-0.15, -0.1) is 0 Å². The van der Waals surface area contributed by atoms with Crippen molar-refractivity contribution >= 4 is 5.97 Å². The van der Waals surface area contributed by atoms with Gasteiger partial charge in [0.2, 0.25) is 0 Å². The van der Waals surface area contributed by atoms with E-state index in [1.807, 2.05) is 48.5 Å². The topological polar surface area (TPSA) is 49.4 Å². The Bertz CT molecular complexity index is 1180. The quantitative estimate of drug-likeness (QED) is 0.350. The summed E-state index contributed by atoms with van der Waals surface area (Å²) in [4.78, 5) is 10.8. The molecule has 0 aliphatic rings. The Morgan fingerprint density at radius 3 is 2.16 bits per heavy atom. The molecule has 0 heterocycles. The SMILES string of the molecule is O=C([O-])CCCc1ccccc1-c1cccc(-c2ccccc2OCc2ccccc2)c1. The van der Waals surface area contributed by atoms with E-state index in [0.717, 1.165) is 39.1 Å². The standard InChI is InChI=1S/C29H26O3/c30-29(31)19-9-13-23-12-4-5-16-26(23)24-14-8-15-25(20-24)27-17-6-7-18-28(27)32-21-22-10-2-1-3-11-22/h1-8,10-12,14-18,20H,9,13,19,21H2,(H,30,31)/p-1. The van der Waals surface area contributed by atoms with E-state index in [9.17, 15) is 9.90 Å². The minimum atomic E-state index is -1.00. The first kappa shape index (κ1) is 21.4. The van der Waals surface area contributed by atoms with Gasteiger partial charge in [0.05, 0.1) is 0 Å². The van der Waals surface area contributed by atoms with Crippen molar-refractivity contribution in [1.82, 2.24) is 0 Å². The molecule has 3 nitrogen and oxygen atoms in total. The molecule has 0 unspecified atom stereocenters. The van der Waals surface area contributed by atoms with Crippen LogP contribution in [0.3, 0.4) is 0 Å². The summed E-state index contributed by atoms with van der Waals surface area (Å²) in [6.07, 6.45) is 1.33. The number of carboxylic acids is 1. The number of para-hydroxylation sites is 1. The Kier molecular flexibility index (Phi) is 6.98. The average Bonchev–Trinajstić information content (AvgIpc) is 2.84. The first-order chi connectivity index (χ1) is 15.7. The van der Waals surface area contributed by atoms with Gasteiger partial charge in [0.25, 0.3) is 0 Å². The van der Waals surface area contributed by atoms with Gasteiger partial charge in [-0.25, -0.2) is 0 Å². The van der Waals surface area contributed by atoms with Crippen LogP contribution in [0.2, 0.25) is 0 Å². The van der Waals surface area contributed by atoms with E-state index >= 15 is 0 Å². The normalized spacial score (nSPS) is 10.6. The highest BCUT2D eigenvalue weighted by molar-refractivity contribution is 5.77. The number of benzene rings is 4. The number of carbonyl (C=O) groups is 1. The summed E-state index contributed by atoms with van der Waals surface area (Å²) in [5.74, 6) is -0.160. The number of ether oxygens (including phenoxy) is 1. The van der Waals surface area contributed by atoms with Gasteiger partial charge in [-0.2, -0.15) is 0 Å². The van der Waals surface area contributed by atoms with Gasteiger partial charge in [-0.1, -0.05) is 91.0 Å². The Balaban J connectivity index is 1.60. The number of carboxylic acid groups (broad SMARTS) is 1. The van der Waals surface area contributed by atoms with E-state index in [4.69, 9.17) is 4.74 Å². The molecular weight excluding hydrogens is 396 g/mol. The maximum atomic E-state index is 10.8. The first-order valence-corrected chi connectivity index (χ1v) is 10.8. The molecule has 3 heteroatoms. The summed E-state index contributed by atoms with van der Waals surface area (Å²) in [6, 6.07) is 34.8. The molecule has 0 saturated heterocycles. The van der Waals surface area contributed by atoms with Crippen LogP contribution in [-0.4, -0.2) is 5.97 Å². The molecule has 0 N–H and O–H groups in total. The highest BCUT2D eigenvalue weighted by Gasteiger charge is 2.10. The van der Waals surface area contributed by atoms with Crippen LogP contribution < -0.4 is 9.84 Å². The molecule has 0 atom stereocenters. The van der Waals surface area contributed by atoms with Crippen LogP contribution in [-0.2, 0) is 17.8 Å². The lowest BCUT2D eigenvalue weighted by molar-refractivity contribution is -0.305. The van der Waals surface area contributed by atoms with E-state index in [1.54, 1.807) is 0 Å². The number of aryl methyl sites for hydroxylation is 1. The minimum Gasteiger partial charge on any atom is -0.550 e. The van der Waals surface area contributed by atoms with E-state index in [-0.39, 0.29) is 6.42 Å². The van der Waals surface area contributed by atoms with E-state index < -0.39 is 5.97 Å². The molecule has 0 saturated carbocycles. The second-order valence-corrected chi connectivity index (χ2v) is 7.73. The molecule has 0 aliphatic carbocycles. The fourth-order valence-electron chi connectivity index (χ4n) is 3.86. The maximum Gasteiger partial charge on any atom is 0.127 e. The van der Waals surface area contributed by atoms with Gasteiger partial charge in [-0.05, 0) is 59.2 Å². The van der Waals surface area contributed by atoms with Crippen LogP contribution in [0.15, 0.2) is 103 Å². The van der Waals surface area contributed by atoms with Gasteiger partial charge in [0, 0.05) is 11.5 Å². The van der Waals surface area contributed by atoms with Crippen molar-refractivity contribution in [1.29, 1.82) is 0 Å². The second kappa shape index (κ2) is 10.5. The fourth-order valence-corrected chi connectivity index (χ4v) is 3.86. The molecule has 0 fully saturated rings. The summed E-state index contributed by atoms with van der Waals surface area (Å²) in [5, 5.41) is 10.8. The molecule has 0 aromatic heterocycles. The van der Waals surface area contributed by atoms with Gasteiger partial charge in [0.1, 0.15) is 12.4 Å². The summed E-state index contributed by atoms with van der Waals surface area (Å²) >= 11 is 0. The van der Waals surface area contributed by atoms with Crippen LogP contribution >= 0.6 is 0 Å². The third-order valence-electron chi connectivity index (χ3n) is 5.45. The third-order valence-corrected chi connectivity index (χ3v) is 5.45. The van der Waals surface area contributed by atoms with Crippen LogP contribution in [0.25, 0.3) is 22.3 Å². The van der Waals surface area contributed by atoms with Crippen molar-refractivity contribution in [3.8, 4) is 28.0 Å². The molecule has 0 amide bonds. The Labute approximate surface area is 188 Å². The van der Waals surface area contributed by atoms with Crippen molar-refractivity contribution in [2.45, 2.75) is 25.9 Å². The number of hydrogen-bond donors (Lipinski definition) is 0. The zero-order valence-corrected chi connectivity index (χ0v) is 17.9. The van der Waals surface area contributed by atoms with Crippen molar-refractivity contribution in [2.75, 3.05) is 0 Å². The van der Waals surface area contributed by atoms with Crippen LogP contribution in [0.1, 0.15) is 24.0 Å². The smallest absolute Gasteiger partial charge is 0.127 e. The number of hydrogen-bond acceptors (Lipinski definition) is 3. The van der Waals surface area contributed by atoms with Gasteiger partial charge in [0.15, 0.2) is 0 Å². The summed E-state index contributed by atoms with van der Waals surface area (Å²) in [7, 11) is 0. The third kappa shape index (κ3) is 5.44. The van der Waals surface area contributed by atoms with E-state index in [0.29, 0.717) is 19.4 Å². The zero-order valence-electron chi connectivity index (χ0n) is 17.9. The lowest BCUT2D eigenvalue weighted by Crippen LogP contribution is -2.21. The molecule has 32 heavy (non-hydrogen) atoms. The van der Waals surface area contributed by atoms with Crippen molar-refractivity contribution in [3.05, 3.63) is 114 Å². The Morgan fingerprint density at radius 2 is 1.38 bits per heavy atom. The maximum absolute atomic E-state index is 10.8. The van der Waals surface area contributed by atoms with E-state index in [2.05, 4.69) is 54.6 Å². The molecule has 160 valence electrons. The Morgan fingerprint density at radius 1 is 0.719 bits per heavy atom. The first-order valence-electron chi connectivity index (χ1n) is 10.8. The molecule has 0 radical (unpaired) electrons. The largest absolute Gasteiger partial charge is 0.550 e. The number of carbonyl (C=O) groups excluding carboxylic acids is 1. The molecule has 4 aromatic rings. The predicted molar refractivity (Wildman–Crippen MR) is 126 cm³/mol. The zero-order chi connectivity index (χ0) is 22.2. The lowest BCUT2D eigenvalue weighted by Gasteiger charge is -2.14. The molecule has 0 aliphatic heterocycles. The summed E-state index contributed by atoms with van der Waals surface area (Å²) < 4.78 is 6.16. The summed E-state index contributed by atoms with van der Waals surface area (Å²) in [6.45, 7) is 0.513. The lowest BCUT2D eigenvalue weighted by atomic mass is 9.93. The number of aliphatic carboxylic acids is 1. The highest BCUT2D eigenvalue weighted by atomic mass is 16.5. The van der Waals surface area contributed by atoms with E-state index in [1.165, 1.54) is 0 Å². The van der Waals surface area contributed by atoms with Crippen molar-refractivity contribution in [3.63, 3.8) is 0 Å². The van der Waals surface area contributed by atoms with Crippen LogP contribution in [0.4, 0.5) is 0 Å². The molecule has 4 aromatic carbocycles. The Hall–Kier alpha value is -3.85. The van der Waals surface area contributed by atoms with Crippen molar-refractivity contribution < 1.29 is 14.6 Å². The molecule has 0 spiro atoms. The fraction of sp³-hybridized carbons (Fsp3) is 0.138.